The van der Waals surface area contributed by atoms with E-state index in [2.05, 4.69) is 19.0 Å². The Balaban J connectivity index is 1.27. The van der Waals surface area contributed by atoms with Crippen LogP contribution in [0.15, 0.2) is 46.8 Å². The van der Waals surface area contributed by atoms with Gasteiger partial charge >= 0.3 is 0 Å². The van der Waals surface area contributed by atoms with E-state index in [0.717, 1.165) is 21.9 Å². The summed E-state index contributed by atoms with van der Waals surface area (Å²) in [6.45, 7) is 0.582. The van der Waals surface area contributed by atoms with Crippen LogP contribution in [0.25, 0.3) is 21.3 Å². The standard InChI is InChI=1S/C19H17N5O3S3/c25-19(21-13-4-5-16-15(10-13)20-11-28-16)12-6-8-24(9-7-12)30(26,27)17-3-1-2-14-18(17)23-29-22-14/h1-5,10-12H,6-9H2,(H,21,25). The first kappa shape index (κ1) is 19.5. The second kappa shape index (κ2) is 7.65. The molecule has 4 aromatic rings. The number of carbonyl (C=O) groups is 1. The zero-order chi connectivity index (χ0) is 20.7. The van der Waals surface area contributed by atoms with Crippen molar-refractivity contribution >= 4 is 65.9 Å². The Morgan fingerprint density at radius 2 is 1.93 bits per heavy atom. The number of piperidine rings is 1. The minimum Gasteiger partial charge on any atom is -0.326 e. The molecule has 0 atom stereocenters. The van der Waals surface area contributed by atoms with Gasteiger partial charge in [-0.3, -0.25) is 4.79 Å². The number of rotatable bonds is 4. The van der Waals surface area contributed by atoms with Crippen LogP contribution in [0.3, 0.4) is 0 Å². The first-order valence-electron chi connectivity index (χ1n) is 9.38. The summed E-state index contributed by atoms with van der Waals surface area (Å²) in [4.78, 5) is 17.1. The van der Waals surface area contributed by atoms with Gasteiger partial charge < -0.3 is 5.32 Å². The molecule has 11 heteroatoms. The highest BCUT2D eigenvalue weighted by Gasteiger charge is 2.33. The number of carbonyl (C=O) groups excluding carboxylic acids is 1. The zero-order valence-corrected chi connectivity index (χ0v) is 18.1. The van der Waals surface area contributed by atoms with Gasteiger partial charge in [-0.1, -0.05) is 6.07 Å². The molecule has 30 heavy (non-hydrogen) atoms. The van der Waals surface area contributed by atoms with Gasteiger partial charge in [0, 0.05) is 24.7 Å². The molecule has 0 unspecified atom stereocenters. The number of anilines is 1. The Kier molecular flexibility index (Phi) is 4.97. The quantitative estimate of drug-likeness (QED) is 0.502. The van der Waals surface area contributed by atoms with Crippen LogP contribution in [0.2, 0.25) is 0 Å². The molecule has 1 N–H and O–H groups in total. The first-order valence-corrected chi connectivity index (χ1v) is 12.4. The lowest BCUT2D eigenvalue weighted by Gasteiger charge is -2.30. The molecule has 1 aliphatic rings. The Bertz CT molecular complexity index is 1340. The van der Waals surface area contributed by atoms with Crippen molar-refractivity contribution in [1.82, 2.24) is 18.0 Å². The number of amides is 1. The van der Waals surface area contributed by atoms with Gasteiger partial charge in [0.2, 0.25) is 15.9 Å². The monoisotopic (exact) mass is 459 g/mol. The summed E-state index contributed by atoms with van der Waals surface area (Å²) >= 11 is 2.55. The van der Waals surface area contributed by atoms with Crippen molar-refractivity contribution in [3.63, 3.8) is 0 Å². The van der Waals surface area contributed by atoms with E-state index in [0.29, 0.717) is 42.7 Å². The van der Waals surface area contributed by atoms with Crippen molar-refractivity contribution in [3.05, 3.63) is 41.9 Å². The fourth-order valence-electron chi connectivity index (χ4n) is 3.67. The summed E-state index contributed by atoms with van der Waals surface area (Å²) in [6.07, 6.45) is 0.935. The van der Waals surface area contributed by atoms with Crippen LogP contribution in [0.1, 0.15) is 12.8 Å². The largest absolute Gasteiger partial charge is 0.326 e. The molecule has 0 bridgehead atoms. The van der Waals surface area contributed by atoms with Crippen molar-refractivity contribution in [2.24, 2.45) is 5.92 Å². The first-order chi connectivity index (χ1) is 14.5. The van der Waals surface area contributed by atoms with E-state index < -0.39 is 10.0 Å². The van der Waals surface area contributed by atoms with Crippen LogP contribution < -0.4 is 5.32 Å². The minimum atomic E-state index is -3.69. The van der Waals surface area contributed by atoms with Gasteiger partial charge in [-0.05, 0) is 43.2 Å². The number of hydrogen-bond acceptors (Lipinski definition) is 8. The van der Waals surface area contributed by atoms with Crippen molar-refractivity contribution in [2.45, 2.75) is 17.7 Å². The van der Waals surface area contributed by atoms with Gasteiger partial charge in [-0.2, -0.15) is 13.1 Å². The van der Waals surface area contributed by atoms with Crippen molar-refractivity contribution in [2.75, 3.05) is 18.4 Å². The van der Waals surface area contributed by atoms with Crippen LogP contribution in [-0.4, -0.2) is 45.5 Å². The van der Waals surface area contributed by atoms with Gasteiger partial charge in [0.25, 0.3) is 0 Å². The van der Waals surface area contributed by atoms with Crippen LogP contribution >= 0.6 is 23.1 Å². The van der Waals surface area contributed by atoms with E-state index >= 15 is 0 Å². The highest BCUT2D eigenvalue weighted by atomic mass is 32.2. The topological polar surface area (TPSA) is 105 Å². The van der Waals surface area contributed by atoms with Gasteiger partial charge in [0.15, 0.2) is 0 Å². The fraction of sp³-hybridized carbons (Fsp3) is 0.263. The highest BCUT2D eigenvalue weighted by Crippen LogP contribution is 2.29. The normalized spacial score (nSPS) is 16.3. The summed E-state index contributed by atoms with van der Waals surface area (Å²) in [6, 6.07) is 10.6. The Morgan fingerprint density at radius 1 is 1.10 bits per heavy atom. The molecule has 8 nitrogen and oxygen atoms in total. The average molecular weight is 460 g/mol. The number of nitrogens with one attached hydrogen (secondary N) is 1. The van der Waals surface area contributed by atoms with Gasteiger partial charge in [-0.15, -0.1) is 11.3 Å². The van der Waals surface area contributed by atoms with Crippen LogP contribution in [0, 0.1) is 5.92 Å². The highest BCUT2D eigenvalue weighted by molar-refractivity contribution is 7.89. The summed E-state index contributed by atoms with van der Waals surface area (Å²) in [5.41, 5.74) is 4.31. The summed E-state index contributed by atoms with van der Waals surface area (Å²) in [5.74, 6) is -0.327. The predicted octanol–water partition coefficient (Wildman–Crippen LogP) is 3.34. The molecule has 1 amide bonds. The van der Waals surface area contributed by atoms with E-state index in [4.69, 9.17) is 0 Å². The molecule has 0 spiro atoms. The van der Waals surface area contributed by atoms with E-state index in [1.165, 1.54) is 4.31 Å². The maximum absolute atomic E-state index is 13.1. The van der Waals surface area contributed by atoms with Crippen LogP contribution in [0.5, 0.6) is 0 Å². The van der Waals surface area contributed by atoms with E-state index in [1.54, 1.807) is 35.0 Å². The molecule has 2 aromatic heterocycles. The second-order valence-corrected chi connectivity index (χ2v) is 10.4. The molecule has 0 saturated carbocycles. The third-order valence-corrected chi connectivity index (χ3v) is 8.57. The van der Waals surface area contributed by atoms with Crippen molar-refractivity contribution in [3.8, 4) is 0 Å². The smallest absolute Gasteiger partial charge is 0.245 e. The molecule has 3 heterocycles. The lowest BCUT2D eigenvalue weighted by molar-refractivity contribution is -0.120. The third kappa shape index (κ3) is 3.47. The molecule has 2 aromatic carbocycles. The minimum absolute atomic E-state index is 0.0903. The molecule has 154 valence electrons. The maximum atomic E-state index is 13.1. The molecule has 5 rings (SSSR count). The lowest BCUT2D eigenvalue weighted by Crippen LogP contribution is -2.41. The van der Waals surface area contributed by atoms with Crippen LogP contribution in [-0.2, 0) is 14.8 Å². The molecule has 1 fully saturated rings. The molecular formula is C19H17N5O3S3. The van der Waals surface area contributed by atoms with Crippen molar-refractivity contribution < 1.29 is 13.2 Å². The third-order valence-electron chi connectivity index (χ3n) is 5.29. The molecule has 0 aliphatic carbocycles. The number of hydrogen-bond donors (Lipinski definition) is 1. The Hall–Kier alpha value is -2.47. The average Bonchev–Trinajstić information content (AvgIpc) is 3.42. The number of benzene rings is 2. The predicted molar refractivity (Wildman–Crippen MR) is 117 cm³/mol. The number of sulfonamides is 1. The van der Waals surface area contributed by atoms with Gasteiger partial charge in [-0.25, -0.2) is 13.4 Å². The van der Waals surface area contributed by atoms with E-state index in [1.807, 2.05) is 18.2 Å². The lowest BCUT2D eigenvalue weighted by atomic mass is 9.97. The number of thiazole rings is 1. The maximum Gasteiger partial charge on any atom is 0.245 e. The van der Waals surface area contributed by atoms with Gasteiger partial charge in [0.1, 0.15) is 15.9 Å². The summed E-state index contributed by atoms with van der Waals surface area (Å²) in [5, 5.41) is 2.94. The fourth-order valence-corrected chi connectivity index (χ4v) is 6.55. The van der Waals surface area contributed by atoms with Crippen molar-refractivity contribution in [1.29, 1.82) is 0 Å². The summed E-state index contributed by atoms with van der Waals surface area (Å²) < 4.78 is 37.0. The zero-order valence-electron chi connectivity index (χ0n) is 15.7. The second-order valence-electron chi connectivity index (χ2n) is 7.09. The van der Waals surface area contributed by atoms with Crippen LogP contribution in [0.4, 0.5) is 5.69 Å². The Labute approximate surface area is 180 Å². The number of fused-ring (bicyclic) bond motifs is 2. The van der Waals surface area contributed by atoms with E-state index in [-0.39, 0.29) is 16.7 Å². The van der Waals surface area contributed by atoms with Gasteiger partial charge in [0.05, 0.1) is 27.5 Å². The molecular weight excluding hydrogens is 442 g/mol. The Morgan fingerprint density at radius 3 is 2.77 bits per heavy atom. The summed E-state index contributed by atoms with van der Waals surface area (Å²) in [7, 11) is -3.69. The van der Waals surface area contributed by atoms with E-state index in [9.17, 15) is 13.2 Å². The molecule has 1 saturated heterocycles. The number of aromatic nitrogens is 3. The molecule has 1 aliphatic heterocycles. The number of nitrogens with zero attached hydrogens (tertiary/aromatic N) is 4. The SMILES string of the molecule is O=C(Nc1ccc2scnc2c1)C1CCN(S(=O)(=O)c2cccc3nsnc23)CC1. The molecule has 0 radical (unpaired) electrons.